The lowest BCUT2D eigenvalue weighted by Gasteiger charge is -2.46. The zero-order valence-corrected chi connectivity index (χ0v) is 14.1. The van der Waals surface area contributed by atoms with Crippen molar-refractivity contribution < 1.29 is 14.3 Å². The van der Waals surface area contributed by atoms with E-state index < -0.39 is 5.97 Å². The van der Waals surface area contributed by atoms with Crippen LogP contribution in [-0.4, -0.2) is 82.3 Å². The second-order valence-corrected chi connectivity index (χ2v) is 7.06. The van der Waals surface area contributed by atoms with E-state index in [0.717, 1.165) is 26.2 Å². The first-order valence-corrected chi connectivity index (χ1v) is 9.03. The van der Waals surface area contributed by atoms with Gasteiger partial charge in [-0.15, -0.1) is 0 Å². The Labute approximate surface area is 139 Å². The summed E-state index contributed by atoms with van der Waals surface area (Å²) in [6.07, 6.45) is 3.48. The maximum Gasteiger partial charge on any atom is 0.341 e. The Morgan fingerprint density at radius 3 is 2.78 bits per heavy atom. The van der Waals surface area contributed by atoms with Crippen molar-refractivity contribution in [3.05, 3.63) is 18.0 Å². The van der Waals surface area contributed by atoms with Crippen molar-refractivity contribution in [2.75, 3.05) is 44.8 Å². The second-order valence-electron chi connectivity index (χ2n) is 5.83. The molecular weight excluding hydrogens is 316 g/mol. The van der Waals surface area contributed by atoms with Gasteiger partial charge in [-0.1, -0.05) is 0 Å². The molecule has 0 N–H and O–H groups in total. The molecule has 0 atom stereocenters. The van der Waals surface area contributed by atoms with E-state index in [4.69, 9.17) is 0 Å². The first-order chi connectivity index (χ1) is 11.2. The van der Waals surface area contributed by atoms with E-state index in [1.54, 1.807) is 10.9 Å². The van der Waals surface area contributed by atoms with Gasteiger partial charge in [0.05, 0.1) is 18.9 Å². The van der Waals surface area contributed by atoms with Gasteiger partial charge in [0.1, 0.15) is 0 Å². The van der Waals surface area contributed by atoms with E-state index in [0.29, 0.717) is 24.6 Å². The molecule has 0 aliphatic carbocycles. The van der Waals surface area contributed by atoms with E-state index >= 15 is 0 Å². The monoisotopic (exact) mass is 338 g/mol. The van der Waals surface area contributed by atoms with Crippen molar-refractivity contribution in [3.63, 3.8) is 0 Å². The van der Waals surface area contributed by atoms with Gasteiger partial charge in [0, 0.05) is 62.9 Å². The standard InChI is InChI=1S/C15H22N4O3S/c1-22-15(21)12-8-16-19(9-12)3-2-14(20)18-10-13(11-18)17-4-6-23-7-5-17/h8-9,13H,2-7,10-11H2,1H3. The number of thioether (sulfide) groups is 1. The third-order valence-corrected chi connectivity index (χ3v) is 5.33. The lowest BCUT2D eigenvalue weighted by molar-refractivity contribution is -0.138. The lowest BCUT2D eigenvalue weighted by atomic mass is 10.1. The highest BCUT2D eigenvalue weighted by atomic mass is 32.2. The molecule has 1 amide bonds. The van der Waals surface area contributed by atoms with Crippen LogP contribution in [0.4, 0.5) is 0 Å². The zero-order chi connectivity index (χ0) is 16.2. The minimum atomic E-state index is -0.409. The predicted octanol–water partition coefficient (Wildman–Crippen LogP) is 0.319. The number of carbonyl (C=O) groups is 2. The number of ether oxygens (including phenoxy) is 1. The van der Waals surface area contributed by atoms with E-state index in [-0.39, 0.29) is 5.91 Å². The molecule has 0 bridgehead atoms. The molecule has 2 aliphatic heterocycles. The van der Waals surface area contributed by atoms with Crippen molar-refractivity contribution in [1.82, 2.24) is 19.6 Å². The summed E-state index contributed by atoms with van der Waals surface area (Å²) in [6, 6.07) is 0.537. The molecule has 126 valence electrons. The van der Waals surface area contributed by atoms with Crippen LogP contribution >= 0.6 is 11.8 Å². The quantitative estimate of drug-likeness (QED) is 0.721. The molecule has 0 saturated carbocycles. The van der Waals surface area contributed by atoms with Crippen LogP contribution in [0.15, 0.2) is 12.4 Å². The highest BCUT2D eigenvalue weighted by Gasteiger charge is 2.34. The highest BCUT2D eigenvalue weighted by Crippen LogP contribution is 2.20. The Hall–Kier alpha value is -1.54. The zero-order valence-electron chi connectivity index (χ0n) is 13.3. The molecule has 3 rings (SSSR count). The number of nitrogens with zero attached hydrogens (tertiary/aromatic N) is 4. The molecule has 0 spiro atoms. The van der Waals surface area contributed by atoms with Gasteiger partial charge in [-0.05, 0) is 0 Å². The number of aromatic nitrogens is 2. The Morgan fingerprint density at radius 2 is 2.09 bits per heavy atom. The first kappa shape index (κ1) is 16.3. The average Bonchev–Trinajstić information content (AvgIpc) is 3.01. The fourth-order valence-corrected chi connectivity index (χ4v) is 3.84. The van der Waals surface area contributed by atoms with E-state index in [1.165, 1.54) is 24.8 Å². The number of rotatable bonds is 5. The molecule has 2 saturated heterocycles. The summed E-state index contributed by atoms with van der Waals surface area (Å²) < 4.78 is 6.25. The average molecular weight is 338 g/mol. The molecule has 7 nitrogen and oxygen atoms in total. The van der Waals surface area contributed by atoms with Crippen LogP contribution in [0.2, 0.25) is 0 Å². The molecule has 3 heterocycles. The second kappa shape index (κ2) is 7.35. The largest absolute Gasteiger partial charge is 0.465 e. The van der Waals surface area contributed by atoms with Crippen molar-refractivity contribution in [2.45, 2.75) is 19.0 Å². The van der Waals surface area contributed by atoms with Crippen LogP contribution in [0, 0.1) is 0 Å². The van der Waals surface area contributed by atoms with Gasteiger partial charge in [0.2, 0.25) is 5.91 Å². The fourth-order valence-electron chi connectivity index (χ4n) is 2.91. The molecular formula is C15H22N4O3S. The number of esters is 1. The van der Waals surface area contributed by atoms with Crippen molar-refractivity contribution in [1.29, 1.82) is 0 Å². The number of methoxy groups -OCH3 is 1. The van der Waals surface area contributed by atoms with Crippen LogP contribution in [0.1, 0.15) is 16.8 Å². The predicted molar refractivity (Wildman–Crippen MR) is 87.4 cm³/mol. The van der Waals surface area contributed by atoms with Gasteiger partial charge in [-0.2, -0.15) is 16.9 Å². The SMILES string of the molecule is COC(=O)c1cnn(CCC(=O)N2CC(N3CCSCC3)C2)c1. The van der Waals surface area contributed by atoms with Gasteiger partial charge in [-0.25, -0.2) is 4.79 Å². The summed E-state index contributed by atoms with van der Waals surface area (Å²) in [5.41, 5.74) is 0.409. The minimum Gasteiger partial charge on any atom is -0.465 e. The number of hydrogen-bond acceptors (Lipinski definition) is 6. The van der Waals surface area contributed by atoms with Gasteiger partial charge in [0.15, 0.2) is 0 Å². The third-order valence-electron chi connectivity index (χ3n) is 4.39. The van der Waals surface area contributed by atoms with Crippen LogP contribution in [0.3, 0.4) is 0 Å². The smallest absolute Gasteiger partial charge is 0.341 e. The molecule has 2 aliphatic rings. The molecule has 0 aromatic carbocycles. The van der Waals surface area contributed by atoms with Crippen molar-refractivity contribution >= 4 is 23.6 Å². The Kier molecular flexibility index (Phi) is 5.22. The Bertz CT molecular complexity index is 565. The summed E-state index contributed by atoms with van der Waals surface area (Å²) in [5, 5.41) is 4.08. The highest BCUT2D eigenvalue weighted by molar-refractivity contribution is 7.99. The summed E-state index contributed by atoms with van der Waals surface area (Å²) in [6.45, 7) is 4.45. The number of aryl methyl sites for hydroxylation is 1. The number of amides is 1. The van der Waals surface area contributed by atoms with E-state index in [9.17, 15) is 9.59 Å². The van der Waals surface area contributed by atoms with Crippen LogP contribution in [-0.2, 0) is 16.1 Å². The molecule has 0 unspecified atom stereocenters. The molecule has 0 radical (unpaired) electrons. The molecule has 1 aromatic heterocycles. The van der Waals surface area contributed by atoms with E-state index in [2.05, 4.69) is 14.7 Å². The molecule has 1 aromatic rings. The summed E-state index contributed by atoms with van der Waals surface area (Å²) >= 11 is 2.00. The summed E-state index contributed by atoms with van der Waals surface area (Å²) in [5.74, 6) is 2.15. The maximum atomic E-state index is 12.2. The van der Waals surface area contributed by atoms with Crippen molar-refractivity contribution in [3.8, 4) is 0 Å². The fraction of sp³-hybridized carbons (Fsp3) is 0.667. The normalized spacial score (nSPS) is 19.4. The van der Waals surface area contributed by atoms with E-state index in [1.807, 2.05) is 16.7 Å². The molecule has 8 heteroatoms. The van der Waals surface area contributed by atoms with Gasteiger partial charge in [-0.3, -0.25) is 14.4 Å². The number of likely N-dealkylation sites (tertiary alicyclic amines) is 1. The van der Waals surface area contributed by atoms with Gasteiger partial charge >= 0.3 is 5.97 Å². The number of carbonyl (C=O) groups excluding carboxylic acids is 2. The van der Waals surface area contributed by atoms with Crippen LogP contribution < -0.4 is 0 Å². The summed E-state index contributed by atoms with van der Waals surface area (Å²) in [7, 11) is 1.34. The first-order valence-electron chi connectivity index (χ1n) is 7.87. The van der Waals surface area contributed by atoms with Crippen molar-refractivity contribution in [2.24, 2.45) is 0 Å². The van der Waals surface area contributed by atoms with Crippen LogP contribution in [0.25, 0.3) is 0 Å². The van der Waals surface area contributed by atoms with Gasteiger partial charge < -0.3 is 9.64 Å². The third kappa shape index (κ3) is 3.87. The van der Waals surface area contributed by atoms with Gasteiger partial charge in [0.25, 0.3) is 0 Å². The minimum absolute atomic E-state index is 0.155. The summed E-state index contributed by atoms with van der Waals surface area (Å²) in [4.78, 5) is 28.0. The molecule has 2 fully saturated rings. The Morgan fingerprint density at radius 1 is 1.35 bits per heavy atom. The topological polar surface area (TPSA) is 67.7 Å². The number of hydrogen-bond donors (Lipinski definition) is 0. The van der Waals surface area contributed by atoms with Crippen LogP contribution in [0.5, 0.6) is 0 Å². The Balaban J connectivity index is 1.40. The lowest BCUT2D eigenvalue weighted by Crippen LogP contribution is -2.62. The maximum absolute atomic E-state index is 12.2. The molecule has 23 heavy (non-hydrogen) atoms.